The van der Waals surface area contributed by atoms with Crippen LogP contribution in [0.5, 0.6) is 0 Å². The molecule has 1 aromatic heterocycles. The molecule has 0 aromatic carbocycles. The minimum absolute atomic E-state index is 0.0718. The number of aromatic nitrogens is 2. The Bertz CT molecular complexity index is 463. The van der Waals surface area contributed by atoms with Crippen LogP contribution in [-0.4, -0.2) is 33.8 Å². The van der Waals surface area contributed by atoms with Crippen molar-refractivity contribution >= 4 is 5.97 Å². The summed E-state index contributed by atoms with van der Waals surface area (Å²) in [6.07, 6.45) is 4.82. The lowest BCUT2D eigenvalue weighted by atomic mass is 10.1. The third-order valence-electron chi connectivity index (χ3n) is 2.78. The van der Waals surface area contributed by atoms with E-state index < -0.39 is 11.5 Å². The topological polar surface area (TPSA) is 92.3 Å². The summed E-state index contributed by atoms with van der Waals surface area (Å²) in [5.41, 5.74) is -0.948. The van der Waals surface area contributed by atoms with E-state index in [2.05, 4.69) is 9.97 Å². The minimum atomic E-state index is -1.26. The maximum Gasteiger partial charge on any atom is 0.342 e. The van der Waals surface area contributed by atoms with Gasteiger partial charge in [-0.05, 0) is 19.3 Å². The Morgan fingerprint density at radius 1 is 1.59 bits per heavy atom. The van der Waals surface area contributed by atoms with Crippen LogP contribution in [0.25, 0.3) is 0 Å². The van der Waals surface area contributed by atoms with Crippen molar-refractivity contribution in [2.45, 2.75) is 31.8 Å². The van der Waals surface area contributed by atoms with Crippen LogP contribution in [0.2, 0.25) is 0 Å². The maximum absolute atomic E-state index is 11.4. The van der Waals surface area contributed by atoms with Gasteiger partial charge in [-0.15, -0.1) is 0 Å². The molecular weight excluding hydrogens is 224 g/mol. The molecule has 2 rings (SSSR count). The van der Waals surface area contributed by atoms with E-state index >= 15 is 0 Å². The van der Waals surface area contributed by atoms with Gasteiger partial charge in [-0.25, -0.2) is 9.78 Å². The number of nitrogens with one attached hydrogen (secondary N) is 1. The Balaban J connectivity index is 2.09. The Labute approximate surface area is 97.7 Å². The van der Waals surface area contributed by atoms with Gasteiger partial charge in [0.1, 0.15) is 11.4 Å². The number of carbonyl (C=O) groups is 1. The van der Waals surface area contributed by atoms with Crippen molar-refractivity contribution in [3.05, 3.63) is 27.9 Å². The first-order chi connectivity index (χ1) is 8.16. The van der Waals surface area contributed by atoms with Crippen molar-refractivity contribution in [1.29, 1.82) is 0 Å². The normalized spacial score (nSPS) is 20.1. The molecular formula is C11H14N2O4. The molecule has 1 aliphatic rings. The second kappa shape index (κ2) is 5.09. The van der Waals surface area contributed by atoms with Crippen LogP contribution in [0.3, 0.4) is 0 Å². The second-order valence-electron chi connectivity index (χ2n) is 4.07. The van der Waals surface area contributed by atoms with Gasteiger partial charge in [0.15, 0.2) is 0 Å². The van der Waals surface area contributed by atoms with Gasteiger partial charge >= 0.3 is 5.97 Å². The van der Waals surface area contributed by atoms with E-state index in [1.54, 1.807) is 0 Å². The monoisotopic (exact) mass is 238 g/mol. The summed E-state index contributed by atoms with van der Waals surface area (Å²) in [5.74, 6) is -0.786. The molecule has 1 unspecified atom stereocenters. The van der Waals surface area contributed by atoms with Gasteiger partial charge in [0, 0.05) is 19.2 Å². The standard InChI is InChI=1S/C11H14N2O4/c14-10-8(11(15)16)6-12-9(13-10)5-7-3-1-2-4-17-7/h6-7H,1-5H2,(H,15,16)(H,12,13,14). The molecule has 0 radical (unpaired) electrons. The van der Waals surface area contributed by atoms with E-state index in [1.165, 1.54) is 0 Å². The number of H-pyrrole nitrogens is 1. The van der Waals surface area contributed by atoms with Crippen LogP contribution in [0, 0.1) is 0 Å². The number of carboxylic acids is 1. The highest BCUT2D eigenvalue weighted by Crippen LogP contribution is 2.15. The Morgan fingerprint density at radius 3 is 3.00 bits per heavy atom. The number of ether oxygens (including phenoxy) is 1. The first kappa shape index (κ1) is 11.8. The first-order valence-corrected chi connectivity index (χ1v) is 5.60. The number of rotatable bonds is 3. The Hall–Kier alpha value is -1.69. The summed E-state index contributed by atoms with van der Waals surface area (Å²) in [5, 5.41) is 8.69. The summed E-state index contributed by atoms with van der Waals surface area (Å²) in [6.45, 7) is 0.738. The summed E-state index contributed by atoms with van der Waals surface area (Å²) < 4.78 is 5.52. The average molecular weight is 238 g/mol. The van der Waals surface area contributed by atoms with Crippen LogP contribution in [0.15, 0.2) is 11.0 Å². The van der Waals surface area contributed by atoms with Crippen LogP contribution in [0.1, 0.15) is 35.4 Å². The molecule has 1 aromatic rings. The molecule has 17 heavy (non-hydrogen) atoms. The van der Waals surface area contributed by atoms with Crippen molar-refractivity contribution in [2.75, 3.05) is 6.61 Å². The Kier molecular flexibility index (Phi) is 3.53. The predicted molar refractivity (Wildman–Crippen MR) is 59.1 cm³/mol. The lowest BCUT2D eigenvalue weighted by Crippen LogP contribution is -2.25. The van der Waals surface area contributed by atoms with Gasteiger partial charge in [0.05, 0.1) is 6.10 Å². The molecule has 2 N–H and O–H groups in total. The highest BCUT2D eigenvalue weighted by Gasteiger charge is 2.16. The Morgan fingerprint density at radius 2 is 2.41 bits per heavy atom. The number of nitrogens with zero attached hydrogens (tertiary/aromatic N) is 1. The summed E-state index contributed by atoms with van der Waals surface area (Å²) >= 11 is 0. The molecule has 0 aliphatic carbocycles. The zero-order chi connectivity index (χ0) is 12.3. The third-order valence-corrected chi connectivity index (χ3v) is 2.78. The van der Waals surface area contributed by atoms with Crippen LogP contribution in [-0.2, 0) is 11.2 Å². The molecule has 1 atom stereocenters. The molecule has 1 fully saturated rings. The highest BCUT2D eigenvalue weighted by molar-refractivity contribution is 5.86. The molecule has 0 amide bonds. The zero-order valence-corrected chi connectivity index (χ0v) is 9.31. The van der Waals surface area contributed by atoms with Gasteiger partial charge in [0.2, 0.25) is 0 Å². The molecule has 92 valence electrons. The lowest BCUT2D eigenvalue weighted by molar-refractivity contribution is 0.0156. The van der Waals surface area contributed by atoms with Gasteiger partial charge in [-0.1, -0.05) is 0 Å². The fourth-order valence-electron chi connectivity index (χ4n) is 1.87. The van der Waals surface area contributed by atoms with Gasteiger partial charge in [0.25, 0.3) is 5.56 Å². The average Bonchev–Trinajstić information content (AvgIpc) is 2.30. The van der Waals surface area contributed by atoms with Crippen molar-refractivity contribution in [1.82, 2.24) is 9.97 Å². The van der Waals surface area contributed by atoms with Crippen molar-refractivity contribution < 1.29 is 14.6 Å². The number of carboxylic acid groups (broad SMARTS) is 1. The van der Waals surface area contributed by atoms with Crippen LogP contribution < -0.4 is 5.56 Å². The van der Waals surface area contributed by atoms with E-state index in [4.69, 9.17) is 9.84 Å². The molecule has 0 spiro atoms. The fraction of sp³-hybridized carbons (Fsp3) is 0.545. The quantitative estimate of drug-likeness (QED) is 0.803. The van der Waals surface area contributed by atoms with Crippen molar-refractivity contribution in [2.24, 2.45) is 0 Å². The molecule has 1 saturated heterocycles. The van der Waals surface area contributed by atoms with E-state index in [-0.39, 0.29) is 11.7 Å². The first-order valence-electron chi connectivity index (χ1n) is 5.60. The van der Waals surface area contributed by atoms with Gasteiger partial charge < -0.3 is 14.8 Å². The van der Waals surface area contributed by atoms with Crippen molar-refractivity contribution in [3.63, 3.8) is 0 Å². The lowest BCUT2D eigenvalue weighted by Gasteiger charge is -2.21. The maximum atomic E-state index is 11.4. The highest BCUT2D eigenvalue weighted by atomic mass is 16.5. The molecule has 0 bridgehead atoms. The number of hydrogen-bond donors (Lipinski definition) is 2. The predicted octanol–water partition coefficient (Wildman–Crippen LogP) is 0.580. The number of aromatic carboxylic acids is 1. The van der Waals surface area contributed by atoms with E-state index in [9.17, 15) is 9.59 Å². The van der Waals surface area contributed by atoms with Gasteiger partial charge in [-0.2, -0.15) is 0 Å². The second-order valence-corrected chi connectivity index (χ2v) is 4.07. The van der Waals surface area contributed by atoms with Crippen LogP contribution in [0.4, 0.5) is 0 Å². The van der Waals surface area contributed by atoms with Gasteiger partial charge in [-0.3, -0.25) is 4.79 Å². The van der Waals surface area contributed by atoms with E-state index in [0.29, 0.717) is 12.2 Å². The number of hydrogen-bond acceptors (Lipinski definition) is 4. The molecule has 1 aliphatic heterocycles. The summed E-state index contributed by atoms with van der Waals surface area (Å²) in [4.78, 5) is 28.5. The van der Waals surface area contributed by atoms with E-state index in [1.807, 2.05) is 0 Å². The fourth-order valence-corrected chi connectivity index (χ4v) is 1.87. The minimum Gasteiger partial charge on any atom is -0.477 e. The molecule has 0 saturated carbocycles. The molecule has 6 heteroatoms. The number of aromatic amines is 1. The summed E-state index contributed by atoms with van der Waals surface area (Å²) in [6, 6.07) is 0. The largest absolute Gasteiger partial charge is 0.477 e. The van der Waals surface area contributed by atoms with E-state index in [0.717, 1.165) is 32.1 Å². The summed E-state index contributed by atoms with van der Waals surface area (Å²) in [7, 11) is 0. The third kappa shape index (κ3) is 2.91. The molecule has 6 nitrogen and oxygen atoms in total. The molecule has 2 heterocycles. The SMILES string of the molecule is O=C(O)c1cnc(CC2CCCCO2)[nH]c1=O. The smallest absolute Gasteiger partial charge is 0.342 e. The van der Waals surface area contributed by atoms with Crippen LogP contribution >= 0.6 is 0 Å². The zero-order valence-electron chi connectivity index (χ0n) is 9.31. The van der Waals surface area contributed by atoms with Crippen molar-refractivity contribution in [3.8, 4) is 0 Å².